The second-order valence-electron chi connectivity index (χ2n) is 7.53. The van der Waals surface area contributed by atoms with Gasteiger partial charge in [-0.05, 0) is 66.4 Å². The number of aryl methyl sites for hydroxylation is 2. The number of rotatable bonds is 4. The van der Waals surface area contributed by atoms with Crippen LogP contribution in [0, 0.1) is 0 Å². The first-order chi connectivity index (χ1) is 15.2. The van der Waals surface area contributed by atoms with Crippen molar-refractivity contribution in [3.05, 3.63) is 113 Å². The summed E-state index contributed by atoms with van der Waals surface area (Å²) < 4.78 is 4.96. The molecule has 0 saturated carbocycles. The van der Waals surface area contributed by atoms with E-state index >= 15 is 0 Å². The van der Waals surface area contributed by atoms with Crippen molar-refractivity contribution in [3.63, 3.8) is 0 Å². The Morgan fingerprint density at radius 1 is 0.774 bits per heavy atom. The molecule has 5 heteroatoms. The van der Waals surface area contributed by atoms with Crippen molar-refractivity contribution in [2.24, 2.45) is 0 Å². The highest BCUT2D eigenvalue weighted by atomic mass is 16.3. The van der Waals surface area contributed by atoms with E-state index in [2.05, 4.69) is 10.6 Å². The van der Waals surface area contributed by atoms with E-state index in [1.165, 1.54) is 12.5 Å². The van der Waals surface area contributed by atoms with Gasteiger partial charge in [0.15, 0.2) is 5.78 Å². The van der Waals surface area contributed by atoms with E-state index in [9.17, 15) is 9.59 Å². The van der Waals surface area contributed by atoms with Crippen LogP contribution in [0.5, 0.6) is 0 Å². The Balaban J connectivity index is 1.36. The van der Waals surface area contributed by atoms with E-state index in [4.69, 9.17) is 4.42 Å². The molecule has 0 atom stereocenters. The number of anilines is 3. The van der Waals surface area contributed by atoms with Crippen LogP contribution in [0.2, 0.25) is 0 Å². The molecule has 2 N–H and O–H groups in total. The fourth-order valence-electron chi connectivity index (χ4n) is 3.91. The van der Waals surface area contributed by atoms with Gasteiger partial charge in [0, 0.05) is 28.2 Å². The van der Waals surface area contributed by atoms with Crippen LogP contribution in [0.25, 0.3) is 0 Å². The Morgan fingerprint density at radius 3 is 2.42 bits per heavy atom. The van der Waals surface area contributed by atoms with Crippen LogP contribution in [0.15, 0.2) is 89.7 Å². The molecule has 1 heterocycles. The Bertz CT molecular complexity index is 1280. The molecule has 1 aliphatic carbocycles. The van der Waals surface area contributed by atoms with Crippen LogP contribution >= 0.6 is 0 Å². The van der Waals surface area contributed by atoms with Gasteiger partial charge in [-0.3, -0.25) is 9.59 Å². The summed E-state index contributed by atoms with van der Waals surface area (Å²) in [6.07, 6.45) is 4.53. The second-order valence-corrected chi connectivity index (χ2v) is 7.53. The predicted octanol–water partition coefficient (Wildman–Crippen LogP) is 5.61. The molecule has 1 aliphatic rings. The molecule has 3 aromatic carbocycles. The molecule has 0 radical (unpaired) electrons. The number of amides is 1. The fraction of sp³-hybridized carbons (Fsp3) is 0.0769. The van der Waals surface area contributed by atoms with Crippen LogP contribution in [0.4, 0.5) is 17.1 Å². The van der Waals surface area contributed by atoms with E-state index < -0.39 is 0 Å². The van der Waals surface area contributed by atoms with Crippen molar-refractivity contribution in [2.75, 3.05) is 10.6 Å². The number of ketones is 1. The number of carbonyl (C=O) groups is 2. The summed E-state index contributed by atoms with van der Waals surface area (Å²) in [6, 6.07) is 22.8. The Hall–Kier alpha value is -4.12. The number of benzene rings is 3. The minimum Gasteiger partial charge on any atom is -0.472 e. The number of nitrogens with one attached hydrogen (secondary N) is 2. The SMILES string of the molecule is O=C(Nc1cccc(Nc2ccc3c(c2)CCc2ccccc2C3=O)c1)c1ccoc1. The second kappa shape index (κ2) is 7.95. The molecule has 0 aliphatic heterocycles. The summed E-state index contributed by atoms with van der Waals surface area (Å²) in [6.45, 7) is 0. The van der Waals surface area contributed by atoms with Gasteiger partial charge in [-0.25, -0.2) is 0 Å². The van der Waals surface area contributed by atoms with Crippen molar-refractivity contribution < 1.29 is 14.0 Å². The molecule has 0 spiro atoms. The molecule has 1 aromatic heterocycles. The maximum Gasteiger partial charge on any atom is 0.258 e. The van der Waals surface area contributed by atoms with Gasteiger partial charge >= 0.3 is 0 Å². The first kappa shape index (κ1) is 18.9. The van der Waals surface area contributed by atoms with Gasteiger partial charge in [0.2, 0.25) is 0 Å². The molecule has 5 nitrogen and oxygen atoms in total. The molecule has 4 aromatic rings. The van der Waals surface area contributed by atoms with Crippen molar-refractivity contribution >= 4 is 28.8 Å². The Labute approximate surface area is 179 Å². The number of carbonyl (C=O) groups excluding carboxylic acids is 2. The molecule has 0 bridgehead atoms. The van der Waals surface area contributed by atoms with Gasteiger partial charge in [-0.15, -0.1) is 0 Å². The molecule has 31 heavy (non-hydrogen) atoms. The third-order valence-electron chi connectivity index (χ3n) is 5.47. The molecular formula is C26H20N2O3. The highest BCUT2D eigenvalue weighted by Gasteiger charge is 2.20. The quantitative estimate of drug-likeness (QED) is 0.461. The number of furan rings is 1. The minimum atomic E-state index is -0.228. The average molecular weight is 408 g/mol. The van der Waals surface area contributed by atoms with Gasteiger partial charge in [0.1, 0.15) is 6.26 Å². The average Bonchev–Trinajstić information content (AvgIpc) is 3.29. The van der Waals surface area contributed by atoms with E-state index in [1.807, 2.05) is 66.7 Å². The summed E-state index contributed by atoms with van der Waals surface area (Å²) in [5, 5.41) is 6.24. The van der Waals surface area contributed by atoms with Crippen LogP contribution < -0.4 is 10.6 Å². The maximum atomic E-state index is 13.0. The van der Waals surface area contributed by atoms with Crippen molar-refractivity contribution in [2.45, 2.75) is 12.8 Å². The topological polar surface area (TPSA) is 71.3 Å². The third kappa shape index (κ3) is 3.85. The van der Waals surface area contributed by atoms with Gasteiger partial charge in [0.05, 0.1) is 11.8 Å². The minimum absolute atomic E-state index is 0.0820. The lowest BCUT2D eigenvalue weighted by molar-refractivity contribution is 0.102. The number of hydrogen-bond donors (Lipinski definition) is 2. The normalized spacial score (nSPS) is 12.5. The van der Waals surface area contributed by atoms with Crippen LogP contribution in [-0.4, -0.2) is 11.7 Å². The predicted molar refractivity (Wildman–Crippen MR) is 120 cm³/mol. The smallest absolute Gasteiger partial charge is 0.258 e. The van der Waals surface area contributed by atoms with Crippen molar-refractivity contribution in [1.82, 2.24) is 0 Å². The molecule has 0 fully saturated rings. The van der Waals surface area contributed by atoms with E-state index in [0.29, 0.717) is 11.3 Å². The first-order valence-corrected chi connectivity index (χ1v) is 10.1. The highest BCUT2D eigenvalue weighted by molar-refractivity contribution is 6.11. The molecule has 1 amide bonds. The zero-order valence-electron chi connectivity index (χ0n) is 16.7. The number of hydrogen-bond acceptors (Lipinski definition) is 4. The zero-order chi connectivity index (χ0) is 21.2. The molecule has 5 rings (SSSR count). The lowest BCUT2D eigenvalue weighted by atomic mass is 9.98. The monoisotopic (exact) mass is 408 g/mol. The first-order valence-electron chi connectivity index (χ1n) is 10.1. The highest BCUT2D eigenvalue weighted by Crippen LogP contribution is 2.28. The maximum absolute atomic E-state index is 13.0. The molecular weight excluding hydrogens is 388 g/mol. The fourth-order valence-corrected chi connectivity index (χ4v) is 3.91. The lowest BCUT2D eigenvalue weighted by Gasteiger charge is -2.12. The van der Waals surface area contributed by atoms with Crippen molar-refractivity contribution in [1.29, 1.82) is 0 Å². The zero-order valence-corrected chi connectivity index (χ0v) is 16.7. The van der Waals surface area contributed by atoms with Gasteiger partial charge in [0.25, 0.3) is 5.91 Å². The van der Waals surface area contributed by atoms with Crippen LogP contribution in [-0.2, 0) is 12.8 Å². The summed E-state index contributed by atoms with van der Waals surface area (Å²) in [5.41, 5.74) is 6.57. The largest absolute Gasteiger partial charge is 0.472 e. The molecule has 0 unspecified atom stereocenters. The van der Waals surface area contributed by atoms with E-state index in [-0.39, 0.29) is 11.7 Å². The van der Waals surface area contributed by atoms with Crippen LogP contribution in [0.1, 0.15) is 37.4 Å². The van der Waals surface area contributed by atoms with Crippen LogP contribution in [0.3, 0.4) is 0 Å². The summed E-state index contributed by atoms with van der Waals surface area (Å²) >= 11 is 0. The van der Waals surface area contributed by atoms with Gasteiger partial charge in [-0.2, -0.15) is 0 Å². The molecule has 152 valence electrons. The lowest BCUT2D eigenvalue weighted by Crippen LogP contribution is -2.10. The summed E-state index contributed by atoms with van der Waals surface area (Å²) in [7, 11) is 0. The standard InChI is InChI=1S/C26H20N2O3/c29-25-23-7-2-1-4-17(23)8-9-18-14-22(10-11-24(18)25)27-20-5-3-6-21(15-20)28-26(30)19-12-13-31-16-19/h1-7,10-16,27H,8-9H2,(H,28,30). The Kier molecular flexibility index (Phi) is 4.84. The van der Waals surface area contributed by atoms with Gasteiger partial charge in [-0.1, -0.05) is 30.3 Å². The third-order valence-corrected chi connectivity index (χ3v) is 5.47. The molecule has 0 saturated heterocycles. The summed E-state index contributed by atoms with van der Waals surface area (Å²) in [5.74, 6) is -0.146. The summed E-state index contributed by atoms with van der Waals surface area (Å²) in [4.78, 5) is 25.2. The number of fused-ring (bicyclic) bond motifs is 2. The Morgan fingerprint density at radius 2 is 1.55 bits per heavy atom. The van der Waals surface area contributed by atoms with E-state index in [1.54, 1.807) is 6.07 Å². The van der Waals surface area contributed by atoms with Gasteiger partial charge < -0.3 is 15.1 Å². The van der Waals surface area contributed by atoms with E-state index in [0.717, 1.165) is 46.5 Å². The van der Waals surface area contributed by atoms with Crippen molar-refractivity contribution in [3.8, 4) is 0 Å².